The minimum absolute atomic E-state index is 0.0884. The summed E-state index contributed by atoms with van der Waals surface area (Å²) in [5.74, 6) is -0.452. The zero-order valence-corrected chi connectivity index (χ0v) is 7.98. The van der Waals surface area contributed by atoms with Crippen LogP contribution in [0.1, 0.15) is 0 Å². The maximum Gasteiger partial charge on any atom is 0.340 e. The molecule has 2 rings (SSSR count). The average molecular weight is 207 g/mol. The highest BCUT2D eigenvalue weighted by Gasteiger charge is 2.22. The number of halogens is 1. The van der Waals surface area contributed by atoms with Crippen LogP contribution in [0.5, 0.6) is 0 Å². The third-order valence-electron chi connectivity index (χ3n) is 2.26. The van der Waals surface area contributed by atoms with E-state index in [1.165, 1.54) is 16.7 Å². The molecule has 0 fully saturated rings. The molecule has 0 spiro atoms. The third-order valence-corrected chi connectivity index (χ3v) is 2.26. The first-order valence-corrected chi connectivity index (χ1v) is 4.32. The lowest BCUT2D eigenvalue weighted by Crippen LogP contribution is -2.28. The summed E-state index contributed by atoms with van der Waals surface area (Å²) in [5, 5.41) is 11.0. The Morgan fingerprint density at radius 2 is 2.13 bits per heavy atom. The van der Waals surface area contributed by atoms with Gasteiger partial charge in [0.25, 0.3) is 5.52 Å². The van der Waals surface area contributed by atoms with Crippen molar-refractivity contribution in [2.75, 3.05) is 0 Å². The largest absolute Gasteiger partial charge is 0.340 e. The molecule has 0 aliphatic rings. The van der Waals surface area contributed by atoms with Crippen molar-refractivity contribution in [2.24, 2.45) is 7.05 Å². The van der Waals surface area contributed by atoms with E-state index in [0.29, 0.717) is 5.52 Å². The predicted molar refractivity (Wildman–Crippen MR) is 51.7 cm³/mol. The number of non-ortho nitro benzene ring substituents is 1. The van der Waals surface area contributed by atoms with Crippen LogP contribution in [0.25, 0.3) is 10.9 Å². The van der Waals surface area contributed by atoms with Crippen molar-refractivity contribution in [1.82, 2.24) is 0 Å². The fourth-order valence-electron chi connectivity index (χ4n) is 1.59. The van der Waals surface area contributed by atoms with Crippen LogP contribution >= 0.6 is 0 Å². The molecule has 0 bridgehead atoms. The van der Waals surface area contributed by atoms with Crippen molar-refractivity contribution in [2.45, 2.75) is 0 Å². The van der Waals surface area contributed by atoms with Gasteiger partial charge in [0.1, 0.15) is 12.9 Å². The Bertz CT molecular complexity index is 554. The van der Waals surface area contributed by atoms with Crippen molar-refractivity contribution in [3.63, 3.8) is 0 Å². The van der Waals surface area contributed by atoms with Crippen LogP contribution in [0.4, 0.5) is 10.1 Å². The second kappa shape index (κ2) is 3.27. The summed E-state index contributed by atoms with van der Waals surface area (Å²) in [7, 11) is 1.65. The number of benzene rings is 1. The monoisotopic (exact) mass is 207 g/mol. The van der Waals surface area contributed by atoms with Crippen LogP contribution in [-0.4, -0.2) is 4.92 Å². The van der Waals surface area contributed by atoms with Crippen LogP contribution < -0.4 is 4.57 Å². The topological polar surface area (TPSA) is 47.0 Å². The number of nitro groups is 1. The van der Waals surface area contributed by atoms with Crippen molar-refractivity contribution in [3.05, 3.63) is 46.4 Å². The highest BCUT2D eigenvalue weighted by atomic mass is 19.1. The zero-order valence-electron chi connectivity index (χ0n) is 7.98. The summed E-state index contributed by atoms with van der Waals surface area (Å²) in [6.45, 7) is 0. The standard InChI is InChI=1S/C10H8FN2O2/c1-12-6-2-3-7-8(11)4-5-9(10(7)12)13(14)15/h2-6H,1H3/q+1. The Morgan fingerprint density at radius 1 is 1.40 bits per heavy atom. The van der Waals surface area contributed by atoms with Gasteiger partial charge in [0.05, 0.1) is 10.3 Å². The molecule has 1 aromatic carbocycles. The minimum atomic E-state index is -0.512. The molecule has 0 saturated heterocycles. The second-order valence-electron chi connectivity index (χ2n) is 3.20. The van der Waals surface area contributed by atoms with E-state index in [1.54, 1.807) is 19.3 Å². The number of hydrogen-bond acceptors (Lipinski definition) is 2. The van der Waals surface area contributed by atoms with Gasteiger partial charge in [-0.2, -0.15) is 4.57 Å². The summed E-state index contributed by atoms with van der Waals surface area (Å²) in [5.41, 5.74) is 0.206. The van der Waals surface area contributed by atoms with Crippen LogP contribution in [0, 0.1) is 15.9 Å². The van der Waals surface area contributed by atoms with Gasteiger partial charge in [-0.25, -0.2) is 4.39 Å². The summed E-state index contributed by atoms with van der Waals surface area (Å²) < 4.78 is 14.9. The number of pyridine rings is 1. The lowest BCUT2D eigenvalue weighted by atomic mass is 10.2. The van der Waals surface area contributed by atoms with Crippen LogP contribution in [0.2, 0.25) is 0 Å². The first-order chi connectivity index (χ1) is 7.11. The molecule has 0 unspecified atom stereocenters. The summed E-state index contributed by atoms with van der Waals surface area (Å²) in [4.78, 5) is 10.2. The molecule has 0 N–H and O–H groups in total. The van der Waals surface area contributed by atoms with E-state index >= 15 is 0 Å². The van der Waals surface area contributed by atoms with Crippen LogP contribution in [0.15, 0.2) is 30.5 Å². The Hall–Kier alpha value is -2.04. The Labute approximate surface area is 84.7 Å². The highest BCUT2D eigenvalue weighted by molar-refractivity contribution is 5.84. The zero-order chi connectivity index (χ0) is 11.0. The van der Waals surface area contributed by atoms with E-state index in [2.05, 4.69) is 0 Å². The molecule has 5 heteroatoms. The van der Waals surface area contributed by atoms with E-state index < -0.39 is 10.7 Å². The highest BCUT2D eigenvalue weighted by Crippen LogP contribution is 2.23. The van der Waals surface area contributed by atoms with Gasteiger partial charge in [-0.1, -0.05) is 0 Å². The molecule has 2 aromatic rings. The molecule has 0 saturated carbocycles. The molecule has 76 valence electrons. The van der Waals surface area contributed by atoms with Gasteiger partial charge in [0, 0.05) is 12.1 Å². The lowest BCUT2D eigenvalue weighted by Gasteiger charge is -1.98. The van der Waals surface area contributed by atoms with Crippen molar-refractivity contribution < 1.29 is 13.9 Å². The molecule has 1 aromatic heterocycles. The number of nitro benzene ring substituents is 1. The van der Waals surface area contributed by atoms with Crippen molar-refractivity contribution >= 4 is 16.6 Å². The first-order valence-electron chi connectivity index (χ1n) is 4.32. The van der Waals surface area contributed by atoms with Gasteiger partial charge >= 0.3 is 5.69 Å². The van der Waals surface area contributed by atoms with E-state index in [4.69, 9.17) is 0 Å². The fraction of sp³-hybridized carbons (Fsp3) is 0.100. The molecule has 0 amide bonds. The summed E-state index contributed by atoms with van der Waals surface area (Å²) in [6.07, 6.45) is 1.65. The third kappa shape index (κ3) is 1.41. The fourth-order valence-corrected chi connectivity index (χ4v) is 1.59. The van der Waals surface area contributed by atoms with E-state index in [0.717, 1.165) is 6.07 Å². The first kappa shape index (κ1) is 9.51. The quantitative estimate of drug-likeness (QED) is 0.406. The van der Waals surface area contributed by atoms with Gasteiger partial charge < -0.3 is 0 Å². The van der Waals surface area contributed by atoms with Gasteiger partial charge in [-0.15, -0.1) is 0 Å². The van der Waals surface area contributed by atoms with Crippen molar-refractivity contribution in [1.29, 1.82) is 0 Å². The summed E-state index contributed by atoms with van der Waals surface area (Å²) in [6, 6.07) is 5.46. The lowest BCUT2D eigenvalue weighted by molar-refractivity contribution is -0.646. The molecule has 1 heterocycles. The summed E-state index contributed by atoms with van der Waals surface area (Å²) >= 11 is 0. The van der Waals surface area contributed by atoms with Gasteiger partial charge in [-0.05, 0) is 12.1 Å². The average Bonchev–Trinajstić information content (AvgIpc) is 2.19. The Morgan fingerprint density at radius 3 is 2.80 bits per heavy atom. The molecular weight excluding hydrogens is 199 g/mol. The number of aromatic nitrogens is 1. The maximum atomic E-state index is 13.4. The van der Waals surface area contributed by atoms with E-state index in [1.807, 2.05) is 0 Å². The number of nitrogens with zero attached hydrogens (tertiary/aromatic N) is 2. The molecule has 0 radical (unpaired) electrons. The number of fused-ring (bicyclic) bond motifs is 1. The minimum Gasteiger partial charge on any atom is -0.258 e. The second-order valence-corrected chi connectivity index (χ2v) is 3.20. The molecule has 4 nitrogen and oxygen atoms in total. The maximum absolute atomic E-state index is 13.4. The van der Waals surface area contributed by atoms with Crippen LogP contribution in [0.3, 0.4) is 0 Å². The van der Waals surface area contributed by atoms with E-state index in [9.17, 15) is 14.5 Å². The molecule has 0 aliphatic carbocycles. The number of rotatable bonds is 1. The van der Waals surface area contributed by atoms with Crippen LogP contribution in [-0.2, 0) is 7.05 Å². The SMILES string of the molecule is C[n+]1cccc2c(F)ccc([N+](=O)[O-])c21. The molecule has 15 heavy (non-hydrogen) atoms. The Kier molecular flexibility index (Phi) is 2.07. The molecule has 0 atom stereocenters. The van der Waals surface area contributed by atoms with Crippen molar-refractivity contribution in [3.8, 4) is 0 Å². The number of aryl methyl sites for hydroxylation is 1. The van der Waals surface area contributed by atoms with Gasteiger partial charge in [0.2, 0.25) is 0 Å². The normalized spacial score (nSPS) is 10.5. The molecular formula is C10H8FN2O2+. The van der Waals surface area contributed by atoms with Gasteiger partial charge in [-0.3, -0.25) is 10.1 Å². The Balaban J connectivity index is 2.96. The predicted octanol–water partition coefficient (Wildman–Crippen LogP) is 1.71. The van der Waals surface area contributed by atoms with Gasteiger partial charge in [0.15, 0.2) is 6.20 Å². The van der Waals surface area contributed by atoms with E-state index in [-0.39, 0.29) is 11.1 Å². The molecule has 0 aliphatic heterocycles. The smallest absolute Gasteiger partial charge is 0.258 e. The number of hydrogen-bond donors (Lipinski definition) is 0.